The quantitative estimate of drug-likeness (QED) is 0.538. The topological polar surface area (TPSA) is 9.23 Å². The third-order valence-electron chi connectivity index (χ3n) is 3.33. The summed E-state index contributed by atoms with van der Waals surface area (Å²) < 4.78 is 5.07. The first-order chi connectivity index (χ1) is 6.74. The second-order valence-corrected chi connectivity index (χ2v) is 5.86. The first-order valence-corrected chi connectivity index (χ1v) is 6.78. The van der Waals surface area contributed by atoms with Crippen molar-refractivity contribution in [3.63, 3.8) is 0 Å². The molecule has 0 spiro atoms. The maximum Gasteiger partial charge on any atom is 0.0462 e. The third kappa shape index (κ3) is 4.31. The van der Waals surface area contributed by atoms with E-state index in [9.17, 15) is 0 Å². The molecule has 3 atom stereocenters. The van der Waals surface area contributed by atoms with Gasteiger partial charge in [-0.05, 0) is 43.9 Å². The van der Waals surface area contributed by atoms with Crippen LogP contribution in [-0.4, -0.2) is 18.5 Å². The molecule has 0 heterocycles. The van der Waals surface area contributed by atoms with E-state index in [0.29, 0.717) is 0 Å². The Bertz CT molecular complexity index is 149. The van der Waals surface area contributed by atoms with Crippen LogP contribution in [0.1, 0.15) is 45.4 Å². The summed E-state index contributed by atoms with van der Waals surface area (Å²) in [5, 5.41) is 0. The van der Waals surface area contributed by atoms with Crippen LogP contribution in [-0.2, 0) is 4.74 Å². The SMILES string of the molecule is COCCCCC1CC(C)CCC1Br. The van der Waals surface area contributed by atoms with Crippen LogP contribution in [0.15, 0.2) is 0 Å². The van der Waals surface area contributed by atoms with Crippen molar-refractivity contribution < 1.29 is 4.74 Å². The molecule has 1 fully saturated rings. The molecule has 1 saturated carbocycles. The van der Waals surface area contributed by atoms with Gasteiger partial charge in [-0.1, -0.05) is 29.3 Å². The Balaban J connectivity index is 2.14. The van der Waals surface area contributed by atoms with Gasteiger partial charge < -0.3 is 4.74 Å². The monoisotopic (exact) mass is 262 g/mol. The molecule has 1 nitrogen and oxygen atoms in total. The van der Waals surface area contributed by atoms with Gasteiger partial charge in [0, 0.05) is 18.5 Å². The predicted octanol–water partition coefficient (Wildman–Crippen LogP) is 4.00. The first-order valence-electron chi connectivity index (χ1n) is 5.87. The number of halogens is 1. The van der Waals surface area contributed by atoms with Crippen LogP contribution < -0.4 is 0 Å². The molecule has 0 saturated heterocycles. The van der Waals surface area contributed by atoms with Crippen LogP contribution in [0, 0.1) is 11.8 Å². The van der Waals surface area contributed by atoms with Gasteiger partial charge in [0.1, 0.15) is 0 Å². The first kappa shape index (κ1) is 12.5. The molecular weight excluding hydrogens is 240 g/mol. The molecule has 0 aromatic carbocycles. The second-order valence-electron chi connectivity index (χ2n) is 4.68. The highest BCUT2D eigenvalue weighted by molar-refractivity contribution is 9.09. The minimum atomic E-state index is 0.779. The molecule has 0 amide bonds. The molecule has 1 aliphatic rings. The Labute approximate surface area is 96.7 Å². The number of methoxy groups -OCH3 is 1. The van der Waals surface area contributed by atoms with Gasteiger partial charge in [-0.25, -0.2) is 0 Å². The number of hydrogen-bond donors (Lipinski definition) is 0. The van der Waals surface area contributed by atoms with E-state index in [2.05, 4.69) is 22.9 Å². The summed E-state index contributed by atoms with van der Waals surface area (Å²) in [6.45, 7) is 3.32. The Hall–Kier alpha value is 0.440. The summed E-state index contributed by atoms with van der Waals surface area (Å²) in [5.74, 6) is 1.85. The normalized spacial score (nSPS) is 33.2. The highest BCUT2D eigenvalue weighted by Gasteiger charge is 2.25. The maximum atomic E-state index is 5.07. The highest BCUT2D eigenvalue weighted by Crippen LogP contribution is 2.36. The lowest BCUT2D eigenvalue weighted by molar-refractivity contribution is 0.186. The summed E-state index contributed by atoms with van der Waals surface area (Å²) >= 11 is 3.82. The summed E-state index contributed by atoms with van der Waals surface area (Å²) in [4.78, 5) is 0.779. The fourth-order valence-corrected chi connectivity index (χ4v) is 3.16. The number of ether oxygens (including phenoxy) is 1. The zero-order chi connectivity index (χ0) is 10.4. The van der Waals surface area contributed by atoms with Crippen molar-refractivity contribution in [1.29, 1.82) is 0 Å². The second kappa shape index (κ2) is 6.84. The molecule has 1 rings (SSSR count). The molecule has 0 bridgehead atoms. The largest absolute Gasteiger partial charge is 0.385 e. The van der Waals surface area contributed by atoms with Gasteiger partial charge in [0.15, 0.2) is 0 Å². The molecule has 3 unspecified atom stereocenters. The zero-order valence-electron chi connectivity index (χ0n) is 9.47. The van der Waals surface area contributed by atoms with Gasteiger partial charge in [0.2, 0.25) is 0 Å². The standard InChI is InChI=1S/C12H23BrO/c1-10-6-7-12(13)11(9-10)5-3-4-8-14-2/h10-12H,3-9H2,1-2H3. The van der Waals surface area contributed by atoms with E-state index >= 15 is 0 Å². The third-order valence-corrected chi connectivity index (χ3v) is 4.53. The van der Waals surface area contributed by atoms with Crippen molar-refractivity contribution in [2.24, 2.45) is 11.8 Å². The number of rotatable bonds is 5. The van der Waals surface area contributed by atoms with E-state index in [-0.39, 0.29) is 0 Å². The van der Waals surface area contributed by atoms with Gasteiger partial charge in [-0.2, -0.15) is 0 Å². The Morgan fingerprint density at radius 2 is 2.07 bits per heavy atom. The maximum absolute atomic E-state index is 5.07. The smallest absolute Gasteiger partial charge is 0.0462 e. The summed E-state index contributed by atoms with van der Waals surface area (Å²) in [5.41, 5.74) is 0. The number of hydrogen-bond acceptors (Lipinski definition) is 1. The van der Waals surface area contributed by atoms with Crippen LogP contribution in [0.25, 0.3) is 0 Å². The molecule has 0 aliphatic heterocycles. The van der Waals surface area contributed by atoms with Crippen LogP contribution >= 0.6 is 15.9 Å². The van der Waals surface area contributed by atoms with Crippen molar-refractivity contribution in [3.05, 3.63) is 0 Å². The van der Waals surface area contributed by atoms with Crippen LogP contribution in [0.2, 0.25) is 0 Å². The van der Waals surface area contributed by atoms with Crippen molar-refractivity contribution in [2.45, 2.75) is 50.3 Å². The summed E-state index contributed by atoms with van der Waals surface area (Å²) in [6, 6.07) is 0. The fraction of sp³-hybridized carbons (Fsp3) is 1.00. The molecule has 0 aromatic heterocycles. The average molecular weight is 263 g/mol. The van der Waals surface area contributed by atoms with E-state index in [1.165, 1.54) is 38.5 Å². The lowest BCUT2D eigenvalue weighted by Crippen LogP contribution is -2.23. The fourth-order valence-electron chi connectivity index (χ4n) is 2.41. The molecule has 1 aliphatic carbocycles. The van der Waals surface area contributed by atoms with Gasteiger partial charge in [0.25, 0.3) is 0 Å². The lowest BCUT2D eigenvalue weighted by atomic mass is 9.80. The van der Waals surface area contributed by atoms with Crippen molar-refractivity contribution >= 4 is 15.9 Å². The van der Waals surface area contributed by atoms with E-state index in [0.717, 1.165) is 23.3 Å². The predicted molar refractivity (Wildman–Crippen MR) is 64.9 cm³/mol. The number of unbranched alkanes of at least 4 members (excludes halogenated alkanes) is 1. The van der Waals surface area contributed by atoms with E-state index in [1.807, 2.05) is 0 Å². The Kier molecular flexibility index (Phi) is 6.11. The van der Waals surface area contributed by atoms with Gasteiger partial charge >= 0.3 is 0 Å². The van der Waals surface area contributed by atoms with E-state index in [4.69, 9.17) is 4.74 Å². The van der Waals surface area contributed by atoms with Crippen LogP contribution in [0.3, 0.4) is 0 Å². The van der Waals surface area contributed by atoms with Gasteiger partial charge in [0.05, 0.1) is 0 Å². The number of alkyl halides is 1. The minimum absolute atomic E-state index is 0.779. The minimum Gasteiger partial charge on any atom is -0.385 e. The zero-order valence-corrected chi connectivity index (χ0v) is 11.1. The molecule has 0 aromatic rings. The Morgan fingerprint density at radius 3 is 2.79 bits per heavy atom. The van der Waals surface area contributed by atoms with Gasteiger partial charge in [-0.15, -0.1) is 0 Å². The molecule has 0 radical (unpaired) electrons. The molecule has 2 heteroatoms. The lowest BCUT2D eigenvalue weighted by Gasteiger charge is -2.31. The van der Waals surface area contributed by atoms with E-state index in [1.54, 1.807) is 7.11 Å². The summed E-state index contributed by atoms with van der Waals surface area (Å²) in [7, 11) is 1.79. The van der Waals surface area contributed by atoms with Crippen molar-refractivity contribution in [2.75, 3.05) is 13.7 Å². The average Bonchev–Trinajstić information content (AvgIpc) is 2.18. The molecule has 14 heavy (non-hydrogen) atoms. The molecule has 84 valence electrons. The van der Waals surface area contributed by atoms with Crippen molar-refractivity contribution in [3.8, 4) is 0 Å². The highest BCUT2D eigenvalue weighted by atomic mass is 79.9. The molecular formula is C12H23BrO. The summed E-state index contributed by atoms with van der Waals surface area (Å²) in [6.07, 6.45) is 8.13. The van der Waals surface area contributed by atoms with Crippen LogP contribution in [0.4, 0.5) is 0 Å². The van der Waals surface area contributed by atoms with E-state index < -0.39 is 0 Å². The molecule has 0 N–H and O–H groups in total. The van der Waals surface area contributed by atoms with Crippen molar-refractivity contribution in [1.82, 2.24) is 0 Å². The van der Waals surface area contributed by atoms with Gasteiger partial charge in [-0.3, -0.25) is 0 Å². The van der Waals surface area contributed by atoms with Crippen LogP contribution in [0.5, 0.6) is 0 Å². The Morgan fingerprint density at radius 1 is 1.29 bits per heavy atom.